The van der Waals surface area contributed by atoms with Crippen molar-refractivity contribution in [2.75, 3.05) is 27.2 Å². The van der Waals surface area contributed by atoms with Gasteiger partial charge >= 0.3 is 0 Å². The Balaban J connectivity index is 3.53. The summed E-state index contributed by atoms with van der Waals surface area (Å²) < 4.78 is 1.25. The van der Waals surface area contributed by atoms with Gasteiger partial charge in [-0.2, -0.15) is 0 Å². The van der Waals surface area contributed by atoms with E-state index in [2.05, 4.69) is 41.8 Å². The Kier molecular flexibility index (Phi) is 19.0. The Bertz CT molecular complexity index is 327. The first-order valence-corrected chi connectivity index (χ1v) is 16.6. The number of quaternary nitrogens is 1. The minimum absolute atomic E-state index is 0.901. The van der Waals surface area contributed by atoms with E-state index in [4.69, 9.17) is 0 Å². The van der Waals surface area contributed by atoms with Crippen LogP contribution in [0.1, 0.15) is 124 Å². The van der Waals surface area contributed by atoms with Crippen molar-refractivity contribution in [1.29, 1.82) is 0 Å². The molecule has 0 atom stereocenters. The molecule has 0 aromatic rings. The molecule has 29 heavy (non-hydrogen) atoms. The predicted octanol–water partition coefficient (Wildman–Crippen LogP) is 9.44. The summed E-state index contributed by atoms with van der Waals surface area (Å²) in [4.78, 5) is 0. The Labute approximate surface area is 188 Å². The van der Waals surface area contributed by atoms with Gasteiger partial charge in [-0.1, -0.05) is 129 Å². The Hall–Kier alpha value is 0.177. The maximum atomic E-state index is 2.47. The van der Waals surface area contributed by atoms with Crippen LogP contribution in [0.4, 0.5) is 0 Å². The fourth-order valence-corrected chi connectivity index (χ4v) is 8.48. The summed E-state index contributed by atoms with van der Waals surface area (Å²) in [5, 5.41) is 0. The molecule has 0 spiro atoms. The molecule has 0 aromatic carbocycles. The van der Waals surface area contributed by atoms with Crippen molar-refractivity contribution in [3.05, 3.63) is 0 Å². The minimum atomic E-state index is -0.901. The van der Waals surface area contributed by atoms with E-state index in [0.717, 1.165) is 0 Å². The highest BCUT2D eigenvalue weighted by Gasteiger charge is 2.27. The zero-order valence-electron chi connectivity index (χ0n) is 21.8. The molecule has 0 N–H and O–H groups in total. The number of hydrogen-bond acceptors (Lipinski definition) is 0. The number of hydrogen-bond donors (Lipinski definition) is 0. The van der Waals surface area contributed by atoms with Crippen molar-refractivity contribution in [3.8, 4) is 0 Å². The van der Waals surface area contributed by atoms with Crippen molar-refractivity contribution in [1.82, 2.24) is 0 Å². The van der Waals surface area contributed by atoms with E-state index in [1.165, 1.54) is 132 Å². The molecule has 2 heteroatoms. The molecule has 0 aliphatic carbocycles. The van der Waals surface area contributed by atoms with Crippen LogP contribution in [0.3, 0.4) is 0 Å². The molecule has 176 valence electrons. The second-order valence-electron chi connectivity index (χ2n) is 10.6. The lowest BCUT2D eigenvalue weighted by molar-refractivity contribution is -0.890. The van der Waals surface area contributed by atoms with Crippen LogP contribution in [-0.4, -0.2) is 39.7 Å². The second-order valence-corrected chi connectivity index (χ2v) is 16.3. The van der Waals surface area contributed by atoms with Crippen LogP contribution in [0.5, 0.6) is 0 Å². The van der Waals surface area contributed by atoms with E-state index in [9.17, 15) is 0 Å². The van der Waals surface area contributed by atoms with Gasteiger partial charge in [0.1, 0.15) is 0 Å². The monoisotopic (exact) mass is 426 g/mol. The molecule has 0 rings (SSSR count). The van der Waals surface area contributed by atoms with E-state index in [1.54, 1.807) is 6.04 Å². The van der Waals surface area contributed by atoms with Gasteiger partial charge in [-0.25, -0.2) is 0 Å². The molecule has 0 fully saturated rings. The highest BCUT2D eigenvalue weighted by molar-refractivity contribution is 6.79. The molecule has 0 amide bonds. The third kappa shape index (κ3) is 16.5. The smallest absolute Gasteiger partial charge is 0.0782 e. The zero-order chi connectivity index (χ0) is 21.8. The first-order chi connectivity index (χ1) is 13.9. The minimum Gasteiger partial charge on any atom is -0.328 e. The van der Waals surface area contributed by atoms with E-state index in [0.29, 0.717) is 0 Å². The van der Waals surface area contributed by atoms with Crippen molar-refractivity contribution in [2.24, 2.45) is 0 Å². The molecule has 0 unspecified atom stereocenters. The lowest BCUT2D eigenvalue weighted by Gasteiger charge is -2.33. The summed E-state index contributed by atoms with van der Waals surface area (Å²) >= 11 is 0. The molecule has 0 radical (unpaired) electrons. The summed E-state index contributed by atoms with van der Waals surface area (Å²) in [6, 6.07) is 6.04. The number of rotatable bonds is 22. The van der Waals surface area contributed by atoms with Crippen LogP contribution >= 0.6 is 0 Å². The van der Waals surface area contributed by atoms with Gasteiger partial charge in [-0.3, -0.25) is 0 Å². The van der Waals surface area contributed by atoms with E-state index in [1.807, 2.05) is 0 Å². The quantitative estimate of drug-likeness (QED) is 0.0918. The van der Waals surface area contributed by atoms with Gasteiger partial charge in [-0.15, -0.1) is 0 Å². The summed E-state index contributed by atoms with van der Waals surface area (Å²) in [6.45, 7) is 12.4. The standard InChI is InChI=1S/C27H60NSi/c1-7-11-12-13-14-15-16-17-18-19-20-21-22-23-25-28(5,6)26-24-27-29(8-2,9-3)10-4/h7-27H2,1-6H3/q+1. The normalized spacial score (nSPS) is 12.6. The molecule has 0 saturated carbocycles. The molecule has 0 bridgehead atoms. The molecule has 0 aliphatic heterocycles. The van der Waals surface area contributed by atoms with Crippen LogP contribution in [0, 0.1) is 0 Å². The molecule has 0 saturated heterocycles. The van der Waals surface area contributed by atoms with Gasteiger partial charge in [0, 0.05) is 0 Å². The maximum absolute atomic E-state index is 2.47. The van der Waals surface area contributed by atoms with Crippen LogP contribution in [0.2, 0.25) is 24.2 Å². The fraction of sp³-hybridized carbons (Fsp3) is 1.00. The van der Waals surface area contributed by atoms with Gasteiger partial charge in [0.15, 0.2) is 0 Å². The summed E-state index contributed by atoms with van der Waals surface area (Å²) in [7, 11) is 4.03. The van der Waals surface area contributed by atoms with Crippen molar-refractivity contribution < 1.29 is 4.48 Å². The molecule has 0 aromatic heterocycles. The van der Waals surface area contributed by atoms with Crippen molar-refractivity contribution >= 4 is 8.07 Å². The average molecular weight is 427 g/mol. The van der Waals surface area contributed by atoms with Crippen molar-refractivity contribution in [3.63, 3.8) is 0 Å². The first kappa shape index (κ1) is 29.2. The van der Waals surface area contributed by atoms with Crippen molar-refractivity contribution in [2.45, 2.75) is 148 Å². The van der Waals surface area contributed by atoms with E-state index >= 15 is 0 Å². The number of nitrogens with zero attached hydrogens (tertiary/aromatic N) is 1. The first-order valence-electron chi connectivity index (χ1n) is 13.8. The predicted molar refractivity (Wildman–Crippen MR) is 139 cm³/mol. The van der Waals surface area contributed by atoms with Crippen LogP contribution in [0.25, 0.3) is 0 Å². The third-order valence-electron chi connectivity index (χ3n) is 7.84. The van der Waals surface area contributed by atoms with Gasteiger partial charge < -0.3 is 4.48 Å². The Morgan fingerprint density at radius 2 is 0.793 bits per heavy atom. The highest BCUT2D eigenvalue weighted by Crippen LogP contribution is 2.27. The van der Waals surface area contributed by atoms with Crippen LogP contribution in [0.15, 0.2) is 0 Å². The van der Waals surface area contributed by atoms with Crippen LogP contribution in [-0.2, 0) is 0 Å². The average Bonchev–Trinajstić information content (AvgIpc) is 2.71. The Morgan fingerprint density at radius 1 is 0.448 bits per heavy atom. The SMILES string of the molecule is CCCCCCCCCCCCCCCC[N+](C)(C)CCC[Si](CC)(CC)CC. The van der Waals surface area contributed by atoms with Gasteiger partial charge in [0.25, 0.3) is 0 Å². The van der Waals surface area contributed by atoms with Gasteiger partial charge in [0.05, 0.1) is 35.3 Å². The van der Waals surface area contributed by atoms with E-state index < -0.39 is 8.07 Å². The fourth-order valence-electron chi connectivity index (χ4n) is 5.01. The summed E-state index contributed by atoms with van der Waals surface area (Å²) in [6.07, 6.45) is 21.9. The molecular weight excluding hydrogens is 366 g/mol. The Morgan fingerprint density at radius 3 is 1.17 bits per heavy atom. The molecular formula is C27H60NSi+. The van der Waals surface area contributed by atoms with Crippen LogP contribution < -0.4 is 0 Å². The molecule has 0 aliphatic rings. The summed E-state index contributed by atoms with van der Waals surface area (Å²) in [5.74, 6) is 0. The lowest BCUT2D eigenvalue weighted by atomic mass is 10.0. The van der Waals surface area contributed by atoms with Gasteiger partial charge in [0.2, 0.25) is 0 Å². The highest BCUT2D eigenvalue weighted by atomic mass is 28.3. The van der Waals surface area contributed by atoms with Gasteiger partial charge in [-0.05, 0) is 19.3 Å². The maximum Gasteiger partial charge on any atom is 0.0782 e. The molecule has 0 heterocycles. The lowest BCUT2D eigenvalue weighted by Crippen LogP contribution is -2.42. The van der Waals surface area contributed by atoms with E-state index in [-0.39, 0.29) is 0 Å². The molecule has 1 nitrogen and oxygen atoms in total. The zero-order valence-corrected chi connectivity index (χ0v) is 22.8. The summed E-state index contributed by atoms with van der Waals surface area (Å²) in [5.41, 5.74) is 0. The number of unbranched alkanes of at least 4 members (excludes halogenated alkanes) is 13. The second kappa shape index (κ2) is 18.9. The third-order valence-corrected chi connectivity index (χ3v) is 13.8. The topological polar surface area (TPSA) is 0 Å². The largest absolute Gasteiger partial charge is 0.328 e.